The van der Waals surface area contributed by atoms with Crippen molar-refractivity contribution in [1.82, 2.24) is 10.2 Å². The van der Waals surface area contributed by atoms with E-state index in [4.69, 9.17) is 31.8 Å². The first kappa shape index (κ1) is 35.8. The average molecular weight is 594 g/mol. The molecule has 3 amide bonds. The van der Waals surface area contributed by atoms with Gasteiger partial charge in [0.15, 0.2) is 23.7 Å². The standard InChI is InChI=1S/C23H39N5O13/c1-8(30)14(24)18(35)23(4,22(39)27-11(19(26)36)5-6-13(32)33)28(10(3)31)20-15(25)17(40-9(2)21(37)38)16(34)12(7-29)41-20/h8-9,11-12,14-17,20,29-30,34H,5-7,24-25H2,1-4H3,(H2,26,36)(H,27,39)(H,32,33)(H,37,38)/t8-,9-,11-,12-,14+,15-,16-,17-,20?,23-/m1/s1. The minimum atomic E-state index is -2.74. The molecule has 18 nitrogen and oxygen atoms in total. The molecule has 12 N–H and O–H groups in total. The number of ketones is 1. The lowest BCUT2D eigenvalue weighted by atomic mass is 9.84. The Morgan fingerprint density at radius 2 is 1.71 bits per heavy atom. The van der Waals surface area contributed by atoms with Crippen LogP contribution in [-0.4, -0.2) is 133 Å². The molecule has 234 valence electrons. The summed E-state index contributed by atoms with van der Waals surface area (Å²) in [6, 6.07) is -5.10. The van der Waals surface area contributed by atoms with Crippen molar-refractivity contribution in [2.45, 2.75) is 101 Å². The topological polar surface area (TPSA) is 315 Å². The zero-order chi connectivity index (χ0) is 32.0. The van der Waals surface area contributed by atoms with Gasteiger partial charge in [0.1, 0.15) is 24.4 Å². The number of carbonyl (C=O) groups is 6. The van der Waals surface area contributed by atoms with Gasteiger partial charge in [-0.1, -0.05) is 0 Å². The number of carboxylic acid groups (broad SMARTS) is 2. The highest BCUT2D eigenvalue weighted by atomic mass is 16.6. The molecule has 1 saturated heterocycles. The summed E-state index contributed by atoms with van der Waals surface area (Å²) in [5.41, 5.74) is 14.6. The first-order valence-electron chi connectivity index (χ1n) is 12.5. The molecule has 0 radical (unpaired) electrons. The number of rotatable bonds is 15. The van der Waals surface area contributed by atoms with E-state index in [1.807, 2.05) is 0 Å². The molecular formula is C23H39N5O13. The first-order valence-corrected chi connectivity index (χ1v) is 12.5. The van der Waals surface area contributed by atoms with Crippen molar-refractivity contribution in [1.29, 1.82) is 0 Å². The molecule has 1 aliphatic heterocycles. The maximum absolute atomic E-state index is 13.7. The number of carboxylic acids is 2. The van der Waals surface area contributed by atoms with Gasteiger partial charge in [-0.3, -0.25) is 28.9 Å². The number of amides is 3. The Balaban J connectivity index is 3.76. The summed E-state index contributed by atoms with van der Waals surface area (Å²) in [5, 5.41) is 50.9. The molecule has 0 saturated carbocycles. The number of ether oxygens (including phenoxy) is 2. The summed E-state index contributed by atoms with van der Waals surface area (Å²) in [5.74, 6) is -7.68. The number of carbonyl (C=O) groups excluding carboxylic acids is 4. The molecule has 18 heteroatoms. The molecule has 41 heavy (non-hydrogen) atoms. The normalized spacial score (nSPS) is 26.9. The monoisotopic (exact) mass is 593 g/mol. The molecule has 0 aromatic heterocycles. The van der Waals surface area contributed by atoms with Crippen LogP contribution in [0.3, 0.4) is 0 Å². The zero-order valence-corrected chi connectivity index (χ0v) is 23.0. The van der Waals surface area contributed by atoms with Crippen LogP contribution in [0.25, 0.3) is 0 Å². The van der Waals surface area contributed by atoms with Gasteiger partial charge in [0.05, 0.1) is 24.8 Å². The Morgan fingerprint density at radius 1 is 1.15 bits per heavy atom. The number of primary amides is 1. The van der Waals surface area contributed by atoms with Gasteiger partial charge in [-0.15, -0.1) is 0 Å². The van der Waals surface area contributed by atoms with Gasteiger partial charge in [-0.05, 0) is 27.2 Å². The van der Waals surface area contributed by atoms with Gasteiger partial charge in [0, 0.05) is 13.3 Å². The summed E-state index contributed by atoms with van der Waals surface area (Å²) in [4.78, 5) is 75.4. The van der Waals surface area contributed by atoms with Crippen LogP contribution >= 0.6 is 0 Å². The Bertz CT molecular complexity index is 1010. The van der Waals surface area contributed by atoms with Crippen molar-refractivity contribution in [3.05, 3.63) is 0 Å². The first-order chi connectivity index (χ1) is 18.8. The van der Waals surface area contributed by atoms with E-state index in [0.29, 0.717) is 4.90 Å². The molecule has 0 bridgehead atoms. The van der Waals surface area contributed by atoms with Crippen molar-refractivity contribution in [2.75, 3.05) is 6.61 Å². The van der Waals surface area contributed by atoms with Crippen molar-refractivity contribution in [2.24, 2.45) is 17.2 Å². The predicted molar refractivity (Wildman–Crippen MR) is 135 cm³/mol. The van der Waals surface area contributed by atoms with Gasteiger partial charge in [0.25, 0.3) is 5.91 Å². The highest BCUT2D eigenvalue weighted by Gasteiger charge is 2.58. The summed E-state index contributed by atoms with van der Waals surface area (Å²) >= 11 is 0. The second-order valence-corrected chi connectivity index (χ2v) is 9.85. The fourth-order valence-corrected chi connectivity index (χ4v) is 4.29. The molecular weight excluding hydrogens is 554 g/mol. The van der Waals surface area contributed by atoms with Gasteiger partial charge in [-0.25, -0.2) is 4.79 Å². The molecule has 1 heterocycles. The Hall–Kier alpha value is -3.26. The second-order valence-electron chi connectivity index (χ2n) is 9.85. The number of nitrogens with zero attached hydrogens (tertiary/aromatic N) is 1. The lowest BCUT2D eigenvalue weighted by molar-refractivity contribution is -0.250. The fraction of sp³-hybridized carbons (Fsp3) is 0.739. The largest absolute Gasteiger partial charge is 0.481 e. The van der Waals surface area contributed by atoms with E-state index in [0.717, 1.165) is 27.7 Å². The quantitative estimate of drug-likeness (QED) is 0.0802. The van der Waals surface area contributed by atoms with E-state index in [9.17, 15) is 49.2 Å². The van der Waals surface area contributed by atoms with E-state index >= 15 is 0 Å². The molecule has 1 fully saturated rings. The molecule has 1 rings (SSSR count). The highest BCUT2D eigenvalue weighted by Crippen LogP contribution is 2.32. The van der Waals surface area contributed by atoms with Crippen LogP contribution in [0.2, 0.25) is 0 Å². The maximum Gasteiger partial charge on any atom is 0.332 e. The zero-order valence-electron chi connectivity index (χ0n) is 23.0. The summed E-state index contributed by atoms with van der Waals surface area (Å²) < 4.78 is 11.0. The highest BCUT2D eigenvalue weighted by molar-refractivity contribution is 6.15. The minimum Gasteiger partial charge on any atom is -0.481 e. The summed E-state index contributed by atoms with van der Waals surface area (Å²) in [7, 11) is 0. The summed E-state index contributed by atoms with van der Waals surface area (Å²) in [6.07, 6.45) is -11.0. The van der Waals surface area contributed by atoms with Crippen LogP contribution in [0, 0.1) is 0 Å². The SMILES string of the molecule is CC(=O)N(C1O[C@H](CO)[C@@H](O)[C@H](O[C@H](C)C(=O)O)[C@H]1N)[C@@](C)(C(=O)N[C@H](CCC(=O)O)C(N)=O)C(=O)[C@@H](N)[C@@H](C)O. The maximum atomic E-state index is 13.7. The number of Topliss-reactive ketones (excluding diaryl/α,β-unsaturated/α-hetero) is 1. The van der Waals surface area contributed by atoms with Crippen molar-refractivity contribution in [3.63, 3.8) is 0 Å². The van der Waals surface area contributed by atoms with E-state index in [-0.39, 0.29) is 0 Å². The van der Waals surface area contributed by atoms with Crippen LogP contribution in [-0.2, 0) is 38.2 Å². The van der Waals surface area contributed by atoms with Crippen LogP contribution < -0.4 is 22.5 Å². The van der Waals surface area contributed by atoms with Crippen LogP contribution in [0.1, 0.15) is 40.5 Å². The number of aliphatic carboxylic acids is 2. The summed E-state index contributed by atoms with van der Waals surface area (Å²) in [6.45, 7) is 3.13. The van der Waals surface area contributed by atoms with Crippen LogP contribution in [0.4, 0.5) is 0 Å². The Morgan fingerprint density at radius 3 is 2.12 bits per heavy atom. The van der Waals surface area contributed by atoms with Crippen molar-refractivity contribution < 1.29 is 63.8 Å². The van der Waals surface area contributed by atoms with Crippen LogP contribution in [0.15, 0.2) is 0 Å². The third kappa shape index (κ3) is 8.15. The van der Waals surface area contributed by atoms with E-state index < -0.39 is 115 Å². The van der Waals surface area contributed by atoms with E-state index in [1.54, 1.807) is 0 Å². The predicted octanol–water partition coefficient (Wildman–Crippen LogP) is -5.03. The molecule has 0 spiro atoms. The number of hydrogen-bond donors (Lipinski definition) is 9. The number of nitrogens with one attached hydrogen (secondary N) is 1. The molecule has 1 aliphatic rings. The fourth-order valence-electron chi connectivity index (χ4n) is 4.29. The molecule has 0 aromatic carbocycles. The van der Waals surface area contributed by atoms with Gasteiger partial charge >= 0.3 is 11.9 Å². The number of hydrogen-bond acceptors (Lipinski definition) is 13. The second kappa shape index (κ2) is 14.6. The smallest absolute Gasteiger partial charge is 0.332 e. The number of aliphatic hydroxyl groups is 3. The van der Waals surface area contributed by atoms with Gasteiger partial charge in [0.2, 0.25) is 11.8 Å². The minimum absolute atomic E-state index is 0.496. The lowest BCUT2D eigenvalue weighted by Gasteiger charge is -2.51. The molecule has 0 aromatic rings. The van der Waals surface area contributed by atoms with E-state index in [2.05, 4.69) is 5.32 Å². The van der Waals surface area contributed by atoms with E-state index in [1.165, 1.54) is 0 Å². The third-order valence-electron chi connectivity index (χ3n) is 6.74. The molecule has 0 aliphatic carbocycles. The Kier molecular flexibility index (Phi) is 12.7. The van der Waals surface area contributed by atoms with Gasteiger partial charge < -0.3 is 57.5 Å². The Labute approximate surface area is 234 Å². The van der Waals surface area contributed by atoms with Gasteiger partial charge in [-0.2, -0.15) is 0 Å². The number of aliphatic hydroxyl groups excluding tert-OH is 3. The third-order valence-corrected chi connectivity index (χ3v) is 6.74. The lowest BCUT2D eigenvalue weighted by Crippen LogP contribution is -2.76. The van der Waals surface area contributed by atoms with Crippen LogP contribution in [0.5, 0.6) is 0 Å². The molecule has 1 unspecified atom stereocenters. The number of nitrogens with two attached hydrogens (primary N) is 3. The molecule has 10 atom stereocenters. The van der Waals surface area contributed by atoms with Crippen molar-refractivity contribution >= 4 is 35.4 Å². The van der Waals surface area contributed by atoms with Crippen molar-refractivity contribution in [3.8, 4) is 0 Å². The average Bonchev–Trinajstić information content (AvgIpc) is 2.88.